The van der Waals surface area contributed by atoms with Crippen molar-refractivity contribution in [3.8, 4) is 0 Å². The number of nitrogen functional groups attached to an aromatic ring is 1. The topological polar surface area (TPSA) is 75.4 Å². The summed E-state index contributed by atoms with van der Waals surface area (Å²) in [6, 6.07) is 13.9. The van der Waals surface area contributed by atoms with Crippen LogP contribution in [0.25, 0.3) is 6.08 Å². The molecule has 1 aliphatic rings. The SMILES string of the molecule is Nc1cc(F)ccc1NCCCCCCCN1C(=O)C/C(=C\c2ccccc2)C1=O. The van der Waals surface area contributed by atoms with Crippen molar-refractivity contribution in [3.05, 3.63) is 65.5 Å². The highest BCUT2D eigenvalue weighted by Gasteiger charge is 2.32. The molecule has 0 spiro atoms. The van der Waals surface area contributed by atoms with E-state index >= 15 is 0 Å². The molecule has 1 saturated heterocycles. The predicted octanol–water partition coefficient (Wildman–Crippen LogP) is 4.61. The first-order valence-corrected chi connectivity index (χ1v) is 10.4. The molecular weight excluding hydrogens is 381 g/mol. The van der Waals surface area contributed by atoms with Crippen LogP contribution in [-0.2, 0) is 9.59 Å². The molecule has 0 bridgehead atoms. The Labute approximate surface area is 176 Å². The Balaban J connectivity index is 1.32. The van der Waals surface area contributed by atoms with Gasteiger partial charge in [-0.3, -0.25) is 14.5 Å². The van der Waals surface area contributed by atoms with E-state index in [1.165, 1.54) is 17.0 Å². The van der Waals surface area contributed by atoms with Crippen LogP contribution in [-0.4, -0.2) is 29.8 Å². The lowest BCUT2D eigenvalue weighted by atomic mass is 10.1. The van der Waals surface area contributed by atoms with E-state index in [1.807, 2.05) is 30.3 Å². The maximum atomic E-state index is 13.0. The van der Waals surface area contributed by atoms with Gasteiger partial charge in [0.05, 0.1) is 17.8 Å². The van der Waals surface area contributed by atoms with Crippen molar-refractivity contribution in [2.75, 3.05) is 24.1 Å². The van der Waals surface area contributed by atoms with Crippen molar-refractivity contribution in [1.82, 2.24) is 4.90 Å². The summed E-state index contributed by atoms with van der Waals surface area (Å²) in [5, 5.41) is 3.22. The van der Waals surface area contributed by atoms with Gasteiger partial charge in [0, 0.05) is 18.7 Å². The molecule has 1 fully saturated rings. The number of hydrogen-bond donors (Lipinski definition) is 2. The van der Waals surface area contributed by atoms with Gasteiger partial charge in [0.2, 0.25) is 5.91 Å². The smallest absolute Gasteiger partial charge is 0.256 e. The standard InChI is InChI=1S/C24H28FN3O2/c25-20-11-12-22(21(26)17-20)27-13-7-2-1-3-8-14-28-23(29)16-19(24(28)30)15-18-9-5-4-6-10-18/h4-6,9-12,15,17,27H,1-3,7-8,13-14,16,26H2/b19-15+. The summed E-state index contributed by atoms with van der Waals surface area (Å²) < 4.78 is 13.0. The summed E-state index contributed by atoms with van der Waals surface area (Å²) in [4.78, 5) is 26.1. The number of halogens is 1. The van der Waals surface area contributed by atoms with Crippen LogP contribution in [0.3, 0.4) is 0 Å². The van der Waals surface area contributed by atoms with E-state index in [0.29, 0.717) is 17.8 Å². The summed E-state index contributed by atoms with van der Waals surface area (Å²) >= 11 is 0. The van der Waals surface area contributed by atoms with Crippen LogP contribution in [0.4, 0.5) is 15.8 Å². The van der Waals surface area contributed by atoms with Crippen LogP contribution in [0.5, 0.6) is 0 Å². The largest absolute Gasteiger partial charge is 0.397 e. The van der Waals surface area contributed by atoms with Gasteiger partial charge in [-0.2, -0.15) is 0 Å². The van der Waals surface area contributed by atoms with Crippen molar-refractivity contribution < 1.29 is 14.0 Å². The van der Waals surface area contributed by atoms with Crippen molar-refractivity contribution in [2.24, 2.45) is 0 Å². The first-order valence-electron chi connectivity index (χ1n) is 10.4. The average molecular weight is 410 g/mol. The van der Waals surface area contributed by atoms with Gasteiger partial charge in [0.25, 0.3) is 5.91 Å². The molecule has 30 heavy (non-hydrogen) atoms. The molecule has 1 aliphatic heterocycles. The number of nitrogens with two attached hydrogens (primary N) is 1. The number of likely N-dealkylation sites (tertiary alicyclic amines) is 1. The van der Waals surface area contributed by atoms with Crippen LogP contribution in [0.15, 0.2) is 54.1 Å². The number of imide groups is 1. The summed E-state index contributed by atoms with van der Waals surface area (Å²) in [5.74, 6) is -0.607. The Morgan fingerprint density at radius 2 is 1.73 bits per heavy atom. The molecule has 2 amide bonds. The third-order valence-electron chi connectivity index (χ3n) is 5.19. The zero-order valence-corrected chi connectivity index (χ0v) is 17.1. The summed E-state index contributed by atoms with van der Waals surface area (Å²) in [6.45, 7) is 1.25. The second kappa shape index (κ2) is 10.6. The van der Waals surface area contributed by atoms with Gasteiger partial charge in [0.15, 0.2) is 0 Å². The number of unbranched alkanes of at least 4 members (excludes halogenated alkanes) is 4. The van der Waals surface area contributed by atoms with E-state index in [1.54, 1.807) is 12.1 Å². The Hall–Kier alpha value is -3.15. The average Bonchev–Trinajstić information content (AvgIpc) is 2.99. The zero-order chi connectivity index (χ0) is 21.3. The van der Waals surface area contributed by atoms with Crippen LogP contribution in [0.2, 0.25) is 0 Å². The number of nitrogens with zero attached hydrogens (tertiary/aromatic N) is 1. The second-order valence-electron chi connectivity index (χ2n) is 7.53. The molecule has 6 heteroatoms. The minimum absolute atomic E-state index is 0.108. The number of carbonyl (C=O) groups excluding carboxylic acids is 2. The first-order chi connectivity index (χ1) is 14.5. The zero-order valence-electron chi connectivity index (χ0n) is 17.1. The highest BCUT2D eigenvalue weighted by molar-refractivity contribution is 6.15. The molecule has 2 aromatic carbocycles. The minimum atomic E-state index is -0.337. The van der Waals surface area contributed by atoms with E-state index in [4.69, 9.17) is 5.73 Å². The lowest BCUT2D eigenvalue weighted by molar-refractivity contribution is -0.137. The van der Waals surface area contributed by atoms with Gasteiger partial charge in [0.1, 0.15) is 5.82 Å². The summed E-state index contributed by atoms with van der Waals surface area (Å²) in [7, 11) is 0. The first kappa shape index (κ1) is 21.6. The third-order valence-corrected chi connectivity index (χ3v) is 5.19. The Bertz CT molecular complexity index is 912. The Morgan fingerprint density at radius 3 is 2.50 bits per heavy atom. The van der Waals surface area contributed by atoms with Gasteiger partial charge in [-0.25, -0.2) is 4.39 Å². The van der Waals surface area contributed by atoms with Crippen LogP contribution < -0.4 is 11.1 Å². The van der Waals surface area contributed by atoms with E-state index in [2.05, 4.69) is 5.32 Å². The van der Waals surface area contributed by atoms with E-state index in [0.717, 1.165) is 49.9 Å². The van der Waals surface area contributed by atoms with Crippen LogP contribution in [0, 0.1) is 5.82 Å². The lowest BCUT2D eigenvalue weighted by Crippen LogP contribution is -2.30. The monoisotopic (exact) mass is 409 g/mol. The molecule has 3 N–H and O–H groups in total. The molecule has 0 saturated carbocycles. The normalized spacial score (nSPS) is 15.2. The number of hydrogen-bond acceptors (Lipinski definition) is 4. The highest BCUT2D eigenvalue weighted by atomic mass is 19.1. The maximum Gasteiger partial charge on any atom is 0.256 e. The molecule has 0 atom stereocenters. The number of amides is 2. The highest BCUT2D eigenvalue weighted by Crippen LogP contribution is 2.22. The number of carbonyl (C=O) groups is 2. The van der Waals surface area contributed by atoms with E-state index in [-0.39, 0.29) is 24.1 Å². The maximum absolute atomic E-state index is 13.0. The fourth-order valence-electron chi connectivity index (χ4n) is 3.55. The summed E-state index contributed by atoms with van der Waals surface area (Å²) in [5.41, 5.74) is 8.44. The summed E-state index contributed by atoms with van der Waals surface area (Å²) in [6.07, 6.45) is 6.82. The fourth-order valence-corrected chi connectivity index (χ4v) is 3.55. The molecule has 2 aromatic rings. The minimum Gasteiger partial charge on any atom is -0.397 e. The van der Waals surface area contributed by atoms with Gasteiger partial charge >= 0.3 is 0 Å². The third kappa shape index (κ3) is 5.92. The van der Waals surface area contributed by atoms with Crippen LogP contribution in [0.1, 0.15) is 44.1 Å². The number of benzene rings is 2. The van der Waals surface area contributed by atoms with E-state index in [9.17, 15) is 14.0 Å². The van der Waals surface area contributed by atoms with Gasteiger partial charge in [-0.15, -0.1) is 0 Å². The van der Waals surface area contributed by atoms with Gasteiger partial charge < -0.3 is 11.1 Å². The molecule has 0 aromatic heterocycles. The van der Waals surface area contributed by atoms with Crippen LogP contribution >= 0.6 is 0 Å². The second-order valence-corrected chi connectivity index (χ2v) is 7.53. The number of rotatable bonds is 10. The van der Waals surface area contributed by atoms with Crippen molar-refractivity contribution in [3.63, 3.8) is 0 Å². The fraction of sp³-hybridized carbons (Fsp3) is 0.333. The molecule has 0 aliphatic carbocycles. The molecule has 5 nitrogen and oxygen atoms in total. The number of anilines is 2. The lowest BCUT2D eigenvalue weighted by Gasteiger charge is -2.13. The molecule has 0 unspecified atom stereocenters. The van der Waals surface area contributed by atoms with E-state index < -0.39 is 0 Å². The van der Waals surface area contributed by atoms with Crippen molar-refractivity contribution >= 4 is 29.3 Å². The van der Waals surface area contributed by atoms with Crippen molar-refractivity contribution in [2.45, 2.75) is 38.5 Å². The quantitative estimate of drug-likeness (QED) is 0.260. The van der Waals surface area contributed by atoms with Crippen molar-refractivity contribution in [1.29, 1.82) is 0 Å². The van der Waals surface area contributed by atoms with Gasteiger partial charge in [-0.1, -0.05) is 49.6 Å². The molecule has 0 radical (unpaired) electrons. The molecular formula is C24H28FN3O2. The molecule has 1 heterocycles. The Kier molecular flexibility index (Phi) is 7.60. The number of nitrogens with one attached hydrogen (secondary N) is 1. The molecule has 158 valence electrons. The molecule has 3 rings (SSSR count). The van der Waals surface area contributed by atoms with Gasteiger partial charge in [-0.05, 0) is 42.7 Å². The predicted molar refractivity (Wildman–Crippen MR) is 118 cm³/mol. The Morgan fingerprint density at radius 1 is 1.00 bits per heavy atom.